The molecule has 2 aromatic carbocycles. The van der Waals surface area contributed by atoms with Crippen molar-refractivity contribution in [2.24, 2.45) is 0 Å². The summed E-state index contributed by atoms with van der Waals surface area (Å²) in [6.07, 6.45) is 0.683. The second kappa shape index (κ2) is 5.46. The van der Waals surface area contributed by atoms with Gasteiger partial charge in [-0.25, -0.2) is 0 Å². The predicted molar refractivity (Wildman–Crippen MR) is 74.4 cm³/mol. The number of hydrogen-bond acceptors (Lipinski definition) is 2. The van der Waals surface area contributed by atoms with Gasteiger partial charge in [0, 0.05) is 15.6 Å². The Morgan fingerprint density at radius 3 is 2.39 bits per heavy atom. The van der Waals surface area contributed by atoms with Crippen LogP contribution in [0.1, 0.15) is 26.3 Å². The summed E-state index contributed by atoms with van der Waals surface area (Å²) < 4.78 is 0.429. The van der Waals surface area contributed by atoms with Crippen LogP contribution in [0.3, 0.4) is 0 Å². The molecule has 0 bridgehead atoms. The lowest BCUT2D eigenvalue weighted by atomic mass is 10.0. The van der Waals surface area contributed by atoms with Gasteiger partial charge in [0.25, 0.3) is 0 Å². The fourth-order valence-corrected chi connectivity index (χ4v) is 2.58. The van der Waals surface area contributed by atoms with E-state index in [0.29, 0.717) is 32.5 Å². The van der Waals surface area contributed by atoms with Crippen LogP contribution in [0.5, 0.6) is 0 Å². The maximum absolute atomic E-state index is 12.3. The van der Waals surface area contributed by atoms with Gasteiger partial charge in [0.2, 0.25) is 0 Å². The molecule has 2 aromatic rings. The number of hydrogen-bond donors (Lipinski definition) is 0. The summed E-state index contributed by atoms with van der Waals surface area (Å²) in [5.74, 6) is -0.212. The number of benzene rings is 2. The Morgan fingerprint density at radius 2 is 1.78 bits per heavy atom. The second-order valence-electron chi connectivity index (χ2n) is 3.64. The number of rotatable bonds is 3. The highest BCUT2D eigenvalue weighted by molar-refractivity contribution is 9.10. The van der Waals surface area contributed by atoms with Crippen LogP contribution < -0.4 is 0 Å². The zero-order chi connectivity index (χ0) is 13.1. The van der Waals surface area contributed by atoms with Crippen molar-refractivity contribution in [2.75, 3.05) is 0 Å². The molecule has 0 aliphatic carbocycles. The Bertz CT molecular complexity index is 609. The van der Waals surface area contributed by atoms with E-state index in [9.17, 15) is 9.59 Å². The van der Waals surface area contributed by atoms with E-state index in [1.807, 2.05) is 6.07 Å². The molecule has 0 aliphatic heterocycles. The van der Waals surface area contributed by atoms with Crippen molar-refractivity contribution in [3.05, 3.63) is 68.7 Å². The van der Waals surface area contributed by atoms with E-state index in [-0.39, 0.29) is 5.78 Å². The summed E-state index contributed by atoms with van der Waals surface area (Å²) in [5.41, 5.74) is 1.24. The van der Waals surface area contributed by atoms with Crippen LogP contribution >= 0.6 is 27.5 Å². The molecule has 0 radical (unpaired) electrons. The molecule has 18 heavy (non-hydrogen) atoms. The Balaban J connectivity index is 2.58. The number of carbonyl (C=O) groups excluding carboxylic acids is 2. The molecule has 0 heterocycles. The molecule has 0 amide bonds. The van der Waals surface area contributed by atoms with Crippen molar-refractivity contribution in [3.63, 3.8) is 0 Å². The van der Waals surface area contributed by atoms with Crippen LogP contribution in [0.4, 0.5) is 0 Å². The van der Waals surface area contributed by atoms with E-state index < -0.39 is 0 Å². The zero-order valence-corrected chi connectivity index (χ0v) is 11.5. The largest absolute Gasteiger partial charge is 0.298 e. The maximum atomic E-state index is 12.3. The summed E-state index contributed by atoms with van der Waals surface area (Å²) in [7, 11) is 0. The van der Waals surface area contributed by atoms with Crippen LogP contribution in [0.2, 0.25) is 5.02 Å². The first-order valence-electron chi connectivity index (χ1n) is 5.18. The van der Waals surface area contributed by atoms with Gasteiger partial charge in [-0.2, -0.15) is 0 Å². The standard InChI is InChI=1S/C14H8BrClO2/c15-13-10(8-17)6-7-11(16)12(13)14(18)9-4-2-1-3-5-9/h1-8H. The van der Waals surface area contributed by atoms with Crippen molar-refractivity contribution < 1.29 is 9.59 Å². The van der Waals surface area contributed by atoms with Crippen LogP contribution in [0.25, 0.3) is 0 Å². The zero-order valence-electron chi connectivity index (χ0n) is 9.19. The second-order valence-corrected chi connectivity index (χ2v) is 4.84. The van der Waals surface area contributed by atoms with Crippen LogP contribution in [-0.4, -0.2) is 12.1 Å². The molecular formula is C14H8BrClO2. The molecule has 0 atom stereocenters. The topological polar surface area (TPSA) is 34.1 Å². The summed E-state index contributed by atoms with van der Waals surface area (Å²) in [6, 6.07) is 11.9. The summed E-state index contributed by atoms with van der Waals surface area (Å²) >= 11 is 9.29. The molecule has 2 nitrogen and oxygen atoms in total. The third-order valence-electron chi connectivity index (χ3n) is 2.51. The van der Waals surface area contributed by atoms with Gasteiger partial charge in [-0.15, -0.1) is 0 Å². The fourth-order valence-electron chi connectivity index (χ4n) is 1.60. The van der Waals surface area contributed by atoms with Crippen molar-refractivity contribution >= 4 is 39.6 Å². The van der Waals surface area contributed by atoms with Crippen molar-refractivity contribution in [1.82, 2.24) is 0 Å². The highest BCUT2D eigenvalue weighted by Crippen LogP contribution is 2.29. The molecule has 0 aliphatic rings. The van der Waals surface area contributed by atoms with Crippen LogP contribution in [0.15, 0.2) is 46.9 Å². The van der Waals surface area contributed by atoms with Gasteiger partial charge in [0.1, 0.15) is 0 Å². The highest BCUT2D eigenvalue weighted by atomic mass is 79.9. The van der Waals surface area contributed by atoms with Gasteiger partial charge in [0.05, 0.1) is 10.6 Å². The SMILES string of the molecule is O=Cc1ccc(Cl)c(C(=O)c2ccccc2)c1Br. The monoisotopic (exact) mass is 322 g/mol. The van der Waals surface area contributed by atoms with Gasteiger partial charge in [-0.05, 0) is 28.1 Å². The van der Waals surface area contributed by atoms with E-state index in [0.717, 1.165) is 0 Å². The third-order valence-corrected chi connectivity index (χ3v) is 3.68. The fraction of sp³-hybridized carbons (Fsp3) is 0. The van der Waals surface area contributed by atoms with Crippen LogP contribution in [0, 0.1) is 0 Å². The van der Waals surface area contributed by atoms with Gasteiger partial charge in [0.15, 0.2) is 12.1 Å². The first-order chi connectivity index (χ1) is 8.65. The van der Waals surface area contributed by atoms with Gasteiger partial charge in [-0.1, -0.05) is 41.9 Å². The molecule has 0 saturated heterocycles. The van der Waals surface area contributed by atoms with E-state index in [4.69, 9.17) is 11.6 Å². The average molecular weight is 324 g/mol. The first kappa shape index (κ1) is 13.0. The molecular weight excluding hydrogens is 316 g/mol. The Kier molecular flexibility index (Phi) is 3.94. The molecule has 0 N–H and O–H groups in total. The lowest BCUT2D eigenvalue weighted by molar-refractivity contribution is 0.103. The number of aldehydes is 1. The number of carbonyl (C=O) groups is 2. The molecule has 0 unspecified atom stereocenters. The van der Waals surface area contributed by atoms with Crippen molar-refractivity contribution in [1.29, 1.82) is 0 Å². The molecule has 0 aromatic heterocycles. The lowest BCUT2D eigenvalue weighted by Gasteiger charge is -2.08. The summed E-state index contributed by atoms with van der Waals surface area (Å²) in [4.78, 5) is 23.2. The molecule has 0 spiro atoms. The Hall–Kier alpha value is -1.45. The van der Waals surface area contributed by atoms with Gasteiger partial charge in [-0.3, -0.25) is 9.59 Å². The van der Waals surface area contributed by atoms with Crippen molar-refractivity contribution in [2.45, 2.75) is 0 Å². The molecule has 2 rings (SSSR count). The highest BCUT2D eigenvalue weighted by Gasteiger charge is 2.18. The van der Waals surface area contributed by atoms with E-state index >= 15 is 0 Å². The minimum Gasteiger partial charge on any atom is -0.298 e. The summed E-state index contributed by atoms with van der Waals surface area (Å²) in [6.45, 7) is 0. The van der Waals surface area contributed by atoms with E-state index in [1.165, 1.54) is 0 Å². The van der Waals surface area contributed by atoms with E-state index in [2.05, 4.69) is 15.9 Å². The maximum Gasteiger partial charge on any atom is 0.195 e. The van der Waals surface area contributed by atoms with Crippen LogP contribution in [-0.2, 0) is 0 Å². The average Bonchev–Trinajstić information content (AvgIpc) is 2.40. The quantitative estimate of drug-likeness (QED) is 0.628. The van der Waals surface area contributed by atoms with E-state index in [1.54, 1.807) is 36.4 Å². The predicted octanol–water partition coefficient (Wildman–Crippen LogP) is 4.15. The van der Waals surface area contributed by atoms with Gasteiger partial charge < -0.3 is 0 Å². The number of ketones is 1. The minimum absolute atomic E-state index is 0.212. The summed E-state index contributed by atoms with van der Waals surface area (Å²) in [5, 5.41) is 0.321. The van der Waals surface area contributed by atoms with Crippen molar-refractivity contribution in [3.8, 4) is 0 Å². The lowest BCUT2D eigenvalue weighted by Crippen LogP contribution is -2.04. The third kappa shape index (κ3) is 2.37. The normalized spacial score (nSPS) is 10.1. The smallest absolute Gasteiger partial charge is 0.195 e. The minimum atomic E-state index is -0.212. The molecule has 0 fully saturated rings. The Labute approximate surface area is 118 Å². The first-order valence-corrected chi connectivity index (χ1v) is 6.35. The number of halogens is 2. The Morgan fingerprint density at radius 1 is 1.11 bits per heavy atom. The van der Waals surface area contributed by atoms with Gasteiger partial charge >= 0.3 is 0 Å². The molecule has 0 saturated carbocycles. The molecule has 4 heteroatoms. The molecule has 90 valence electrons.